The molecular formula is C14H25N3O. The van der Waals surface area contributed by atoms with Crippen LogP contribution in [0.15, 0.2) is 18.3 Å². The molecule has 2 N–H and O–H groups in total. The number of rotatable bonds is 8. The van der Waals surface area contributed by atoms with Crippen LogP contribution in [0.2, 0.25) is 0 Å². The van der Waals surface area contributed by atoms with Crippen LogP contribution < -0.4 is 10.2 Å². The summed E-state index contributed by atoms with van der Waals surface area (Å²) in [5.74, 6) is 1.03. The van der Waals surface area contributed by atoms with Gasteiger partial charge in [0, 0.05) is 37.5 Å². The first-order chi connectivity index (χ1) is 8.70. The van der Waals surface area contributed by atoms with E-state index in [4.69, 9.17) is 5.11 Å². The predicted octanol–water partition coefficient (Wildman–Crippen LogP) is 1.79. The molecule has 0 amide bonds. The highest BCUT2D eigenvalue weighted by Crippen LogP contribution is 2.19. The summed E-state index contributed by atoms with van der Waals surface area (Å²) in [7, 11) is 0. The van der Waals surface area contributed by atoms with Crippen LogP contribution in [0.1, 0.15) is 32.8 Å². The van der Waals surface area contributed by atoms with Gasteiger partial charge in [-0.2, -0.15) is 0 Å². The first kappa shape index (κ1) is 14.9. The molecule has 1 aromatic heterocycles. The minimum Gasteiger partial charge on any atom is -0.396 e. The van der Waals surface area contributed by atoms with E-state index in [9.17, 15) is 0 Å². The van der Waals surface area contributed by atoms with E-state index in [-0.39, 0.29) is 6.61 Å². The van der Waals surface area contributed by atoms with Gasteiger partial charge in [-0.3, -0.25) is 0 Å². The lowest BCUT2D eigenvalue weighted by Crippen LogP contribution is -2.34. The van der Waals surface area contributed by atoms with E-state index < -0.39 is 0 Å². The fraction of sp³-hybridized carbons (Fsp3) is 0.643. The largest absolute Gasteiger partial charge is 0.396 e. The fourth-order valence-corrected chi connectivity index (χ4v) is 1.94. The molecule has 4 nitrogen and oxygen atoms in total. The molecule has 1 rings (SSSR count). The Morgan fingerprint density at radius 3 is 2.83 bits per heavy atom. The van der Waals surface area contributed by atoms with E-state index >= 15 is 0 Å². The second kappa shape index (κ2) is 8.06. The number of anilines is 1. The molecule has 0 radical (unpaired) electrons. The van der Waals surface area contributed by atoms with Crippen molar-refractivity contribution in [3.05, 3.63) is 23.9 Å². The lowest BCUT2D eigenvalue weighted by molar-refractivity contribution is 0.288. The monoisotopic (exact) mass is 251 g/mol. The van der Waals surface area contributed by atoms with Gasteiger partial charge in [0.2, 0.25) is 0 Å². The van der Waals surface area contributed by atoms with E-state index in [0.29, 0.717) is 6.04 Å². The van der Waals surface area contributed by atoms with Crippen LogP contribution in [0.3, 0.4) is 0 Å². The van der Waals surface area contributed by atoms with Crippen molar-refractivity contribution < 1.29 is 5.11 Å². The molecule has 0 atom stereocenters. The summed E-state index contributed by atoms with van der Waals surface area (Å²) < 4.78 is 0. The molecule has 0 unspecified atom stereocenters. The summed E-state index contributed by atoms with van der Waals surface area (Å²) in [6, 6.07) is 4.46. The summed E-state index contributed by atoms with van der Waals surface area (Å²) in [5, 5.41) is 12.3. The van der Waals surface area contributed by atoms with Gasteiger partial charge < -0.3 is 15.3 Å². The Labute approximate surface area is 110 Å². The van der Waals surface area contributed by atoms with Gasteiger partial charge in [0.05, 0.1) is 0 Å². The Bertz CT molecular complexity index is 342. The molecule has 0 saturated heterocycles. The van der Waals surface area contributed by atoms with Crippen LogP contribution in [0.4, 0.5) is 5.82 Å². The fourth-order valence-electron chi connectivity index (χ4n) is 1.94. The van der Waals surface area contributed by atoms with Crippen LogP contribution in [-0.4, -0.2) is 35.8 Å². The van der Waals surface area contributed by atoms with Crippen molar-refractivity contribution in [3.63, 3.8) is 0 Å². The van der Waals surface area contributed by atoms with Gasteiger partial charge in [-0.15, -0.1) is 0 Å². The zero-order valence-corrected chi connectivity index (χ0v) is 11.7. The number of aromatic nitrogens is 1. The average Bonchev–Trinajstić information content (AvgIpc) is 2.37. The maximum absolute atomic E-state index is 9.00. The van der Waals surface area contributed by atoms with Crippen molar-refractivity contribution in [1.82, 2.24) is 10.3 Å². The van der Waals surface area contributed by atoms with Gasteiger partial charge in [-0.25, -0.2) is 4.98 Å². The second-order valence-electron chi connectivity index (χ2n) is 4.63. The zero-order valence-electron chi connectivity index (χ0n) is 11.7. The second-order valence-corrected chi connectivity index (χ2v) is 4.63. The van der Waals surface area contributed by atoms with E-state index in [1.54, 1.807) is 0 Å². The van der Waals surface area contributed by atoms with Gasteiger partial charge in [0.1, 0.15) is 5.82 Å². The van der Waals surface area contributed by atoms with Crippen LogP contribution >= 0.6 is 0 Å². The zero-order chi connectivity index (χ0) is 13.4. The minimum atomic E-state index is 0.221. The third-order valence-electron chi connectivity index (χ3n) is 2.89. The SMILES string of the molecule is CCNCc1cccnc1N(CCCO)C(C)C. The quantitative estimate of drug-likeness (QED) is 0.739. The van der Waals surface area contributed by atoms with Gasteiger partial charge in [-0.05, 0) is 32.9 Å². The normalized spacial score (nSPS) is 10.9. The predicted molar refractivity (Wildman–Crippen MR) is 75.8 cm³/mol. The molecule has 102 valence electrons. The Morgan fingerprint density at radius 1 is 1.44 bits per heavy atom. The van der Waals surface area contributed by atoms with Crippen LogP contribution in [-0.2, 0) is 6.54 Å². The summed E-state index contributed by atoms with van der Waals surface area (Å²) in [4.78, 5) is 6.76. The molecule has 4 heteroatoms. The van der Waals surface area contributed by atoms with Crippen LogP contribution in [0, 0.1) is 0 Å². The number of hydrogen-bond donors (Lipinski definition) is 2. The Morgan fingerprint density at radius 2 is 2.22 bits per heavy atom. The van der Waals surface area contributed by atoms with Crippen LogP contribution in [0.25, 0.3) is 0 Å². The molecule has 0 spiro atoms. The molecule has 0 fully saturated rings. The van der Waals surface area contributed by atoms with E-state index in [0.717, 1.165) is 31.9 Å². The maximum Gasteiger partial charge on any atom is 0.133 e. The molecule has 0 aliphatic rings. The number of hydrogen-bond acceptors (Lipinski definition) is 4. The van der Waals surface area contributed by atoms with Crippen molar-refractivity contribution in [2.45, 2.75) is 39.8 Å². The summed E-state index contributed by atoms with van der Waals surface area (Å²) in [5.41, 5.74) is 1.21. The van der Waals surface area contributed by atoms with E-state index in [1.165, 1.54) is 5.56 Å². The van der Waals surface area contributed by atoms with E-state index in [1.807, 2.05) is 12.3 Å². The highest BCUT2D eigenvalue weighted by atomic mass is 16.3. The summed E-state index contributed by atoms with van der Waals surface area (Å²) in [6.45, 7) is 9.26. The average molecular weight is 251 g/mol. The van der Waals surface area contributed by atoms with Gasteiger partial charge >= 0.3 is 0 Å². The molecule has 0 bridgehead atoms. The van der Waals surface area contributed by atoms with Gasteiger partial charge in [0.25, 0.3) is 0 Å². The van der Waals surface area contributed by atoms with Crippen molar-refractivity contribution in [2.75, 3.05) is 24.6 Å². The highest BCUT2D eigenvalue weighted by Gasteiger charge is 2.14. The minimum absolute atomic E-state index is 0.221. The van der Waals surface area contributed by atoms with E-state index in [2.05, 4.69) is 42.0 Å². The third-order valence-corrected chi connectivity index (χ3v) is 2.89. The first-order valence-electron chi connectivity index (χ1n) is 6.72. The molecule has 0 aromatic carbocycles. The maximum atomic E-state index is 9.00. The molecule has 18 heavy (non-hydrogen) atoms. The lowest BCUT2D eigenvalue weighted by atomic mass is 10.2. The molecule has 1 aromatic rings. The van der Waals surface area contributed by atoms with Crippen molar-refractivity contribution in [2.24, 2.45) is 0 Å². The van der Waals surface area contributed by atoms with Gasteiger partial charge in [0.15, 0.2) is 0 Å². The van der Waals surface area contributed by atoms with Crippen LogP contribution in [0.5, 0.6) is 0 Å². The third kappa shape index (κ3) is 4.27. The highest BCUT2D eigenvalue weighted by molar-refractivity contribution is 5.47. The number of aliphatic hydroxyl groups excluding tert-OH is 1. The first-order valence-corrected chi connectivity index (χ1v) is 6.72. The molecule has 0 saturated carbocycles. The topological polar surface area (TPSA) is 48.4 Å². The standard InChI is InChI=1S/C14H25N3O/c1-4-15-11-13-7-5-8-16-14(13)17(12(2)3)9-6-10-18/h5,7-8,12,15,18H,4,6,9-11H2,1-3H3. The number of pyridine rings is 1. The number of aliphatic hydroxyl groups is 1. The van der Waals surface area contributed by atoms with Gasteiger partial charge in [-0.1, -0.05) is 13.0 Å². The van der Waals surface area contributed by atoms with Crippen molar-refractivity contribution in [3.8, 4) is 0 Å². The number of nitrogens with zero attached hydrogens (tertiary/aromatic N) is 2. The van der Waals surface area contributed by atoms with Crippen molar-refractivity contribution in [1.29, 1.82) is 0 Å². The smallest absolute Gasteiger partial charge is 0.133 e. The Hall–Kier alpha value is -1.13. The summed E-state index contributed by atoms with van der Waals surface area (Å²) in [6.07, 6.45) is 2.61. The molecule has 1 heterocycles. The van der Waals surface area contributed by atoms with Crippen molar-refractivity contribution >= 4 is 5.82 Å². The Balaban J connectivity index is 2.88. The molecular weight excluding hydrogens is 226 g/mol. The summed E-state index contributed by atoms with van der Waals surface area (Å²) >= 11 is 0. The number of nitrogens with one attached hydrogen (secondary N) is 1. The molecule has 0 aliphatic carbocycles. The lowest BCUT2D eigenvalue weighted by Gasteiger charge is -2.29. The Kier molecular flexibility index (Phi) is 6.68. The molecule has 0 aliphatic heterocycles.